The molecule has 0 bridgehead atoms. The Labute approximate surface area is 386 Å². The van der Waals surface area contributed by atoms with Crippen molar-refractivity contribution in [1.82, 2.24) is 9.55 Å². The number of anilines is 2. The molecule has 0 saturated carbocycles. The Balaban J connectivity index is 1.26. The van der Waals surface area contributed by atoms with Gasteiger partial charge in [-0.1, -0.05) is 136 Å². The lowest BCUT2D eigenvalue weighted by atomic mass is 9.43. The van der Waals surface area contributed by atoms with Crippen molar-refractivity contribution in [1.29, 1.82) is 0 Å². The van der Waals surface area contributed by atoms with Gasteiger partial charge in [0.25, 0.3) is 0 Å². The molecular weight excluding hydrogens is 810 g/mol. The summed E-state index contributed by atoms with van der Waals surface area (Å²) in [4.78, 5) is 8.07. The van der Waals surface area contributed by atoms with Gasteiger partial charge >= 0.3 is 6.85 Å². The Kier molecular flexibility index (Phi) is 7.75. The number of rotatable bonds is 2. The summed E-state index contributed by atoms with van der Waals surface area (Å²) in [6.45, 7) is 23.5. The molecule has 320 valence electrons. The second kappa shape index (κ2) is 12.8. The predicted molar refractivity (Wildman–Crippen MR) is 278 cm³/mol. The van der Waals surface area contributed by atoms with Gasteiger partial charge in [0.1, 0.15) is 16.2 Å². The molecule has 6 heteroatoms. The van der Waals surface area contributed by atoms with Crippen LogP contribution in [-0.4, -0.2) is 16.4 Å². The number of para-hydroxylation sites is 1. The van der Waals surface area contributed by atoms with Crippen LogP contribution >= 0.6 is 11.3 Å². The maximum absolute atomic E-state index is 7.32. The number of nitrogens with zero attached hydrogens (tertiary/aromatic N) is 3. The van der Waals surface area contributed by atoms with Crippen molar-refractivity contribution >= 4 is 94.4 Å². The highest BCUT2D eigenvalue weighted by atomic mass is 32.1. The van der Waals surface area contributed by atoms with E-state index in [1.807, 2.05) is 0 Å². The van der Waals surface area contributed by atoms with E-state index in [0.717, 1.165) is 40.1 Å². The van der Waals surface area contributed by atoms with Crippen LogP contribution in [0.15, 0.2) is 126 Å². The number of furan rings is 1. The molecule has 0 unspecified atom stereocenters. The van der Waals surface area contributed by atoms with E-state index in [9.17, 15) is 0 Å². The fourth-order valence-corrected chi connectivity index (χ4v) is 12.8. The third-order valence-corrected chi connectivity index (χ3v) is 16.6. The normalized spacial score (nSPS) is 16.2. The predicted octanol–water partition coefficient (Wildman–Crippen LogP) is 15.1. The average molecular weight is 864 g/mol. The minimum Gasteiger partial charge on any atom is -0.455 e. The summed E-state index contributed by atoms with van der Waals surface area (Å²) in [7, 11) is 0. The molecule has 0 atom stereocenters. The number of thiazole rings is 1. The van der Waals surface area contributed by atoms with Gasteiger partial charge < -0.3 is 13.8 Å². The van der Waals surface area contributed by atoms with Crippen LogP contribution in [0, 0.1) is 0 Å². The minimum atomic E-state index is -0.167. The minimum absolute atomic E-state index is 0.0268. The Morgan fingerprint density at radius 3 is 2.06 bits per heavy atom. The van der Waals surface area contributed by atoms with Gasteiger partial charge in [-0.2, -0.15) is 0 Å². The van der Waals surface area contributed by atoms with Crippen molar-refractivity contribution in [3.63, 3.8) is 0 Å². The highest BCUT2D eigenvalue weighted by molar-refractivity contribution is 7.21. The molecule has 7 aromatic carbocycles. The number of hydrogen-bond acceptors (Lipinski definition) is 4. The molecule has 10 aromatic rings. The van der Waals surface area contributed by atoms with E-state index in [0.29, 0.717) is 0 Å². The zero-order valence-electron chi connectivity index (χ0n) is 39.2. The van der Waals surface area contributed by atoms with Crippen LogP contribution in [0.2, 0.25) is 0 Å². The van der Waals surface area contributed by atoms with Crippen LogP contribution in [0.25, 0.3) is 81.3 Å². The molecular formula is C59H54BN3OS. The second-order valence-electron chi connectivity index (χ2n) is 22.6. The van der Waals surface area contributed by atoms with Crippen LogP contribution in [0.1, 0.15) is 104 Å². The molecule has 0 spiro atoms. The Hall–Kier alpha value is -6.11. The number of benzene rings is 7. The molecule has 13 rings (SSSR count). The summed E-state index contributed by atoms with van der Waals surface area (Å²) in [5.74, 6) is 0. The van der Waals surface area contributed by atoms with Crippen molar-refractivity contribution in [3.05, 3.63) is 144 Å². The number of fused-ring (bicyclic) bond motifs is 15. The van der Waals surface area contributed by atoms with Gasteiger partial charge in [-0.15, -0.1) is 11.3 Å². The van der Waals surface area contributed by atoms with Gasteiger partial charge in [0.2, 0.25) is 0 Å². The first-order valence-corrected chi connectivity index (χ1v) is 24.3. The van der Waals surface area contributed by atoms with Crippen molar-refractivity contribution in [2.45, 2.75) is 104 Å². The summed E-state index contributed by atoms with van der Waals surface area (Å²) in [5, 5.41) is 6.03. The summed E-state index contributed by atoms with van der Waals surface area (Å²) in [6.07, 6.45) is 2.31. The molecule has 5 heterocycles. The number of aromatic nitrogens is 2. The molecule has 0 N–H and O–H groups in total. The van der Waals surface area contributed by atoms with Gasteiger partial charge in [-0.05, 0) is 122 Å². The summed E-state index contributed by atoms with van der Waals surface area (Å²) in [6, 6.07) is 46.2. The van der Waals surface area contributed by atoms with E-state index >= 15 is 0 Å². The fourth-order valence-electron chi connectivity index (χ4n) is 11.8. The fraction of sp³-hybridized carbons (Fsp3) is 0.271. The van der Waals surface area contributed by atoms with Crippen LogP contribution in [-0.2, 0) is 21.7 Å². The standard InChI is InChI=1S/C59H54BN3OS/c1-56(2,3)34-20-23-36(24-21-34)63-44-25-22-35(57(4,5)6)28-38(44)51-52-53-49(50-37-18-14-15-19-47(37)64-54(50)51)39-29-40-41(59(9,10)27-26-58(40,7)8)30-45(39)62(53)46-32-48-43(31-42(46)60(52)63)61-55(65-48)33-16-12-11-13-17-33/h11-25,28-32H,26-27H2,1-10H3. The zero-order chi connectivity index (χ0) is 44.7. The van der Waals surface area contributed by atoms with E-state index in [2.05, 4.69) is 200 Å². The summed E-state index contributed by atoms with van der Waals surface area (Å²) in [5.41, 5.74) is 20.9. The van der Waals surface area contributed by atoms with Gasteiger partial charge in [0.05, 0.1) is 21.3 Å². The monoisotopic (exact) mass is 863 g/mol. The highest BCUT2D eigenvalue weighted by Gasteiger charge is 2.47. The number of hydrogen-bond donors (Lipinski definition) is 0. The van der Waals surface area contributed by atoms with Crippen molar-refractivity contribution in [2.24, 2.45) is 0 Å². The first-order valence-electron chi connectivity index (χ1n) is 23.5. The van der Waals surface area contributed by atoms with Gasteiger partial charge in [0, 0.05) is 55.3 Å². The average Bonchev–Trinajstić information content (AvgIpc) is 3.98. The lowest BCUT2D eigenvalue weighted by Crippen LogP contribution is -2.60. The summed E-state index contributed by atoms with van der Waals surface area (Å²) < 4.78 is 11.2. The van der Waals surface area contributed by atoms with E-state index in [1.165, 1.54) is 98.6 Å². The largest absolute Gasteiger partial charge is 0.455 e. The first-order chi connectivity index (χ1) is 31.0. The van der Waals surface area contributed by atoms with Gasteiger partial charge in [-0.25, -0.2) is 4.98 Å². The molecule has 2 aliphatic heterocycles. The van der Waals surface area contributed by atoms with Crippen LogP contribution < -0.4 is 15.7 Å². The van der Waals surface area contributed by atoms with Gasteiger partial charge in [-0.3, -0.25) is 0 Å². The molecule has 0 radical (unpaired) electrons. The zero-order valence-corrected chi connectivity index (χ0v) is 40.0. The molecule has 3 aromatic heterocycles. The molecule has 0 fully saturated rings. The molecule has 0 saturated heterocycles. The van der Waals surface area contributed by atoms with E-state index in [-0.39, 0.29) is 28.5 Å². The van der Waals surface area contributed by atoms with Crippen molar-refractivity contribution in [3.8, 4) is 27.4 Å². The molecule has 65 heavy (non-hydrogen) atoms. The quantitative estimate of drug-likeness (QED) is 0.162. The van der Waals surface area contributed by atoms with Crippen molar-refractivity contribution < 1.29 is 4.42 Å². The molecule has 0 amide bonds. The van der Waals surface area contributed by atoms with E-state index in [4.69, 9.17) is 9.40 Å². The molecule has 4 nitrogen and oxygen atoms in total. The van der Waals surface area contributed by atoms with E-state index in [1.54, 1.807) is 11.3 Å². The third-order valence-electron chi connectivity index (χ3n) is 15.6. The first kappa shape index (κ1) is 39.3. The Morgan fingerprint density at radius 2 is 1.34 bits per heavy atom. The van der Waals surface area contributed by atoms with E-state index < -0.39 is 0 Å². The molecule has 1 aliphatic carbocycles. The second-order valence-corrected chi connectivity index (χ2v) is 23.7. The SMILES string of the molecule is CC(C)(C)c1ccc(N2B3c4cc5nc(-c6ccccc6)sc5cc4-n4c5cc6c(cc5c5c7c(oc8ccccc87)c(c3c54)-c3cc(C(C)(C)C)ccc32)C(C)(C)CCC6(C)C)cc1. The molecule has 3 aliphatic rings. The van der Waals surface area contributed by atoms with Crippen molar-refractivity contribution in [2.75, 3.05) is 4.81 Å². The van der Waals surface area contributed by atoms with Gasteiger partial charge in [0.15, 0.2) is 0 Å². The Morgan fingerprint density at radius 1 is 0.662 bits per heavy atom. The van der Waals surface area contributed by atoms with Crippen LogP contribution in [0.5, 0.6) is 0 Å². The lowest BCUT2D eigenvalue weighted by molar-refractivity contribution is 0.332. The van der Waals surface area contributed by atoms with Crippen LogP contribution in [0.3, 0.4) is 0 Å². The maximum Gasteiger partial charge on any atom is 0.333 e. The smallest absolute Gasteiger partial charge is 0.333 e. The highest BCUT2D eigenvalue weighted by Crippen LogP contribution is 2.54. The van der Waals surface area contributed by atoms with Crippen LogP contribution in [0.4, 0.5) is 11.4 Å². The lowest BCUT2D eigenvalue weighted by Gasteiger charge is -2.42. The Bertz CT molecular complexity index is 3680. The third kappa shape index (κ3) is 5.41. The maximum atomic E-state index is 7.32. The summed E-state index contributed by atoms with van der Waals surface area (Å²) >= 11 is 1.80. The topological polar surface area (TPSA) is 34.2 Å².